The summed E-state index contributed by atoms with van der Waals surface area (Å²) in [6, 6.07) is 22.2. The van der Waals surface area contributed by atoms with E-state index in [1.54, 1.807) is 24.3 Å². The number of halogens is 1. The fourth-order valence-corrected chi connectivity index (χ4v) is 2.57. The van der Waals surface area contributed by atoms with Crippen molar-refractivity contribution in [3.63, 3.8) is 0 Å². The molecule has 0 aromatic heterocycles. The van der Waals surface area contributed by atoms with E-state index in [2.05, 4.69) is 0 Å². The first-order valence-electron chi connectivity index (χ1n) is 8.74. The third-order valence-corrected chi connectivity index (χ3v) is 4.17. The highest BCUT2D eigenvalue weighted by molar-refractivity contribution is 5.95. The lowest BCUT2D eigenvalue weighted by Gasteiger charge is -2.13. The van der Waals surface area contributed by atoms with Crippen molar-refractivity contribution in [2.75, 3.05) is 0 Å². The molecule has 0 radical (unpaired) electrons. The molecule has 150 valence electrons. The molecule has 0 atom stereocenters. The van der Waals surface area contributed by atoms with Crippen LogP contribution < -0.4 is 20.9 Å². The molecule has 0 saturated heterocycles. The van der Waals surface area contributed by atoms with E-state index in [-0.39, 0.29) is 24.1 Å². The van der Waals surface area contributed by atoms with E-state index in [4.69, 9.17) is 31.8 Å². The average molecular weight is 411 g/mol. The second-order valence-electron chi connectivity index (χ2n) is 6.25. The van der Waals surface area contributed by atoms with E-state index < -0.39 is 0 Å². The summed E-state index contributed by atoms with van der Waals surface area (Å²) in [6.45, 7) is 0.762. The van der Waals surface area contributed by atoms with Crippen LogP contribution in [0.25, 0.3) is 0 Å². The topological polar surface area (TPSA) is 118 Å². The van der Waals surface area contributed by atoms with Crippen LogP contribution in [-0.2, 0) is 13.2 Å². The van der Waals surface area contributed by atoms with Gasteiger partial charge in [0.1, 0.15) is 24.9 Å². The van der Waals surface area contributed by atoms with Gasteiger partial charge in [0.05, 0.1) is 0 Å². The third-order valence-electron chi connectivity index (χ3n) is 4.17. The molecule has 0 spiro atoms. The van der Waals surface area contributed by atoms with Gasteiger partial charge in [0, 0.05) is 11.1 Å². The molecule has 0 saturated carbocycles. The van der Waals surface area contributed by atoms with Gasteiger partial charge < -0.3 is 20.9 Å². The van der Waals surface area contributed by atoms with Gasteiger partial charge >= 0.3 is 0 Å². The molecule has 0 fully saturated rings. The Kier molecular flexibility index (Phi) is 7.62. The minimum Gasteiger partial charge on any atom is -0.485 e. The number of hydrogen-bond donors (Lipinski definition) is 4. The number of hydrogen-bond acceptors (Lipinski definition) is 4. The summed E-state index contributed by atoms with van der Waals surface area (Å²) in [5, 5.41) is 14.9. The summed E-state index contributed by atoms with van der Waals surface area (Å²) in [7, 11) is 0. The summed E-state index contributed by atoms with van der Waals surface area (Å²) in [6.07, 6.45) is 0. The minimum absolute atomic E-state index is 0. The largest absolute Gasteiger partial charge is 0.485 e. The quantitative estimate of drug-likeness (QED) is 0.333. The lowest BCUT2D eigenvalue weighted by Crippen LogP contribution is -2.11. The highest BCUT2D eigenvalue weighted by Crippen LogP contribution is 2.28. The number of benzene rings is 3. The van der Waals surface area contributed by atoms with E-state index in [0.29, 0.717) is 35.8 Å². The van der Waals surface area contributed by atoms with Gasteiger partial charge in [0.15, 0.2) is 11.5 Å². The van der Waals surface area contributed by atoms with Crippen LogP contribution in [-0.4, -0.2) is 11.7 Å². The van der Waals surface area contributed by atoms with E-state index >= 15 is 0 Å². The van der Waals surface area contributed by atoms with Crippen molar-refractivity contribution in [3.05, 3.63) is 95.1 Å². The monoisotopic (exact) mass is 410 g/mol. The molecule has 6 nitrogen and oxygen atoms in total. The first-order valence-corrected chi connectivity index (χ1v) is 8.74. The Morgan fingerprint density at radius 1 is 0.621 bits per heavy atom. The Labute approximate surface area is 175 Å². The van der Waals surface area contributed by atoms with E-state index in [1.165, 1.54) is 0 Å². The highest BCUT2D eigenvalue weighted by Gasteiger charge is 2.06. The molecule has 0 amide bonds. The van der Waals surface area contributed by atoms with Crippen molar-refractivity contribution in [2.45, 2.75) is 13.2 Å². The maximum atomic E-state index is 7.43. The first-order chi connectivity index (χ1) is 13.5. The lowest BCUT2D eigenvalue weighted by atomic mass is 10.1. The van der Waals surface area contributed by atoms with Crippen molar-refractivity contribution in [1.29, 1.82) is 10.8 Å². The average Bonchev–Trinajstić information content (AvgIpc) is 2.72. The van der Waals surface area contributed by atoms with Gasteiger partial charge in [0.25, 0.3) is 0 Å². The van der Waals surface area contributed by atoms with Crippen molar-refractivity contribution in [2.24, 2.45) is 11.5 Å². The predicted octanol–water partition coefficient (Wildman–Crippen LogP) is 3.83. The van der Waals surface area contributed by atoms with Gasteiger partial charge in [-0.2, -0.15) is 0 Å². The molecule has 3 rings (SSSR count). The first kappa shape index (κ1) is 21.8. The number of amidine groups is 2. The molecule has 0 aliphatic rings. The summed E-state index contributed by atoms with van der Waals surface area (Å²) < 4.78 is 11.8. The zero-order chi connectivity index (χ0) is 19.9. The van der Waals surface area contributed by atoms with Gasteiger partial charge in [-0.05, 0) is 23.3 Å². The number of nitrogens with one attached hydrogen (secondary N) is 2. The molecule has 0 bridgehead atoms. The Morgan fingerprint density at radius 2 is 0.966 bits per heavy atom. The van der Waals surface area contributed by atoms with Crippen LogP contribution >= 0.6 is 12.4 Å². The van der Waals surface area contributed by atoms with Crippen LogP contribution in [0.5, 0.6) is 11.5 Å². The fraction of sp³-hybridized carbons (Fsp3) is 0.0909. The number of nitrogen functional groups attached to an aromatic ring is 2. The predicted molar refractivity (Wildman–Crippen MR) is 117 cm³/mol. The van der Waals surface area contributed by atoms with Crippen molar-refractivity contribution in [1.82, 2.24) is 0 Å². The maximum absolute atomic E-state index is 7.43. The van der Waals surface area contributed by atoms with E-state index in [0.717, 1.165) is 11.1 Å². The zero-order valence-corrected chi connectivity index (χ0v) is 16.5. The molecule has 7 heteroatoms. The number of nitrogens with two attached hydrogens (primary N) is 2. The molecule has 29 heavy (non-hydrogen) atoms. The summed E-state index contributed by atoms with van der Waals surface area (Å²) in [4.78, 5) is 0. The van der Waals surface area contributed by atoms with Crippen LogP contribution in [0, 0.1) is 10.8 Å². The standard InChI is InChI=1S/C22H22N4O2.ClH/c23-21(24)17-9-5-15(6-10-17)13-27-19-3-1-2-4-20(19)28-14-16-7-11-18(12-8-16)22(25)26;/h1-12H,13-14H2,(H3,23,24)(H3,25,26);1H. The van der Waals surface area contributed by atoms with Crippen LogP contribution in [0.1, 0.15) is 22.3 Å². The minimum atomic E-state index is 0. The van der Waals surface area contributed by atoms with Gasteiger partial charge in [-0.1, -0.05) is 60.7 Å². The molecule has 0 heterocycles. The van der Waals surface area contributed by atoms with Crippen LogP contribution in [0.15, 0.2) is 72.8 Å². The summed E-state index contributed by atoms with van der Waals surface area (Å²) in [5.74, 6) is 1.39. The normalized spacial score (nSPS) is 9.93. The van der Waals surface area contributed by atoms with Gasteiger partial charge in [-0.25, -0.2) is 0 Å². The van der Waals surface area contributed by atoms with E-state index in [1.807, 2.05) is 48.5 Å². The highest BCUT2D eigenvalue weighted by atomic mass is 35.5. The number of rotatable bonds is 8. The lowest BCUT2D eigenvalue weighted by molar-refractivity contribution is 0.256. The van der Waals surface area contributed by atoms with Gasteiger partial charge in [-0.3, -0.25) is 10.8 Å². The van der Waals surface area contributed by atoms with Gasteiger partial charge in [0.2, 0.25) is 0 Å². The molecule has 3 aromatic rings. The van der Waals surface area contributed by atoms with Crippen LogP contribution in [0.3, 0.4) is 0 Å². The second-order valence-corrected chi connectivity index (χ2v) is 6.25. The Bertz CT molecular complexity index is 892. The summed E-state index contributed by atoms with van der Waals surface area (Å²) >= 11 is 0. The van der Waals surface area contributed by atoms with Crippen molar-refractivity contribution in [3.8, 4) is 11.5 Å². The molecular formula is C22H23ClN4O2. The number of ether oxygens (including phenoxy) is 2. The Morgan fingerprint density at radius 3 is 1.28 bits per heavy atom. The Balaban J connectivity index is 0.00000300. The zero-order valence-electron chi connectivity index (χ0n) is 15.7. The van der Waals surface area contributed by atoms with Crippen molar-refractivity contribution < 1.29 is 9.47 Å². The van der Waals surface area contributed by atoms with Crippen molar-refractivity contribution >= 4 is 24.1 Å². The molecule has 0 aliphatic heterocycles. The summed E-state index contributed by atoms with van der Waals surface area (Å²) in [5.41, 5.74) is 14.3. The maximum Gasteiger partial charge on any atom is 0.161 e. The molecular weight excluding hydrogens is 388 g/mol. The van der Waals surface area contributed by atoms with Crippen LogP contribution in [0.2, 0.25) is 0 Å². The van der Waals surface area contributed by atoms with Crippen LogP contribution in [0.4, 0.5) is 0 Å². The SMILES string of the molecule is Cl.N=C(N)c1ccc(COc2ccccc2OCc2ccc(C(=N)N)cc2)cc1. The Hall–Kier alpha value is -3.51. The molecule has 3 aromatic carbocycles. The van der Waals surface area contributed by atoms with Gasteiger partial charge in [-0.15, -0.1) is 12.4 Å². The second kappa shape index (κ2) is 10.1. The number of para-hydroxylation sites is 2. The molecule has 6 N–H and O–H groups in total. The third kappa shape index (κ3) is 5.99. The smallest absolute Gasteiger partial charge is 0.161 e. The van der Waals surface area contributed by atoms with E-state index in [9.17, 15) is 0 Å². The molecule has 0 unspecified atom stereocenters. The fourth-order valence-electron chi connectivity index (χ4n) is 2.57. The molecule has 0 aliphatic carbocycles.